The van der Waals surface area contributed by atoms with E-state index in [0.29, 0.717) is 61.9 Å². The first-order valence-corrected chi connectivity index (χ1v) is 13.7. The van der Waals surface area contributed by atoms with Crippen LogP contribution in [0.1, 0.15) is 36.8 Å². The van der Waals surface area contributed by atoms with Gasteiger partial charge in [-0.15, -0.1) is 0 Å². The molecule has 0 amide bonds. The van der Waals surface area contributed by atoms with Gasteiger partial charge in [-0.1, -0.05) is 13.2 Å². The van der Waals surface area contributed by atoms with Gasteiger partial charge >= 0.3 is 11.9 Å². The quantitative estimate of drug-likeness (QED) is 0.0469. The molecule has 2 aromatic carbocycles. The number of ether oxygens (including phenoxy) is 4. The van der Waals surface area contributed by atoms with Crippen LogP contribution in [0.3, 0.4) is 0 Å². The van der Waals surface area contributed by atoms with Crippen LogP contribution in [-0.2, 0) is 38.4 Å². The molecule has 0 radical (unpaired) electrons. The van der Waals surface area contributed by atoms with Crippen LogP contribution in [0.25, 0.3) is 0 Å². The van der Waals surface area contributed by atoms with E-state index < -0.39 is 11.9 Å². The monoisotopic (exact) mass is 644 g/mol. The molecule has 0 saturated carbocycles. The number of carbonyl (C=O) groups excluding carboxylic acids is 4. The Morgan fingerprint density at radius 1 is 0.609 bits per heavy atom. The van der Waals surface area contributed by atoms with E-state index in [2.05, 4.69) is 23.4 Å². The largest absolute Gasteiger partial charge is 0.493 e. The zero-order valence-corrected chi connectivity index (χ0v) is 26.1. The van der Waals surface area contributed by atoms with Crippen LogP contribution in [0.2, 0.25) is 0 Å². The van der Waals surface area contributed by atoms with Crippen molar-refractivity contribution in [1.82, 2.24) is 0 Å². The fourth-order valence-corrected chi connectivity index (χ4v) is 3.07. The van der Waals surface area contributed by atoms with Crippen molar-refractivity contribution in [1.29, 1.82) is 0 Å². The molecule has 0 aliphatic rings. The van der Waals surface area contributed by atoms with Crippen molar-refractivity contribution in [3.8, 4) is 23.0 Å². The van der Waals surface area contributed by atoms with Crippen LogP contribution in [0.5, 0.6) is 23.0 Å². The van der Waals surface area contributed by atoms with Crippen molar-refractivity contribution in [2.24, 2.45) is 10.2 Å². The van der Waals surface area contributed by atoms with E-state index >= 15 is 0 Å². The lowest BCUT2D eigenvalue weighted by atomic mass is 10.2. The molecule has 0 unspecified atom stereocenters. The Hall–Kier alpha value is -5.34. The summed E-state index contributed by atoms with van der Waals surface area (Å²) in [6.45, 7) is 11.9. The van der Waals surface area contributed by atoms with Gasteiger partial charge in [-0.05, 0) is 73.2 Å². The van der Waals surface area contributed by atoms with Gasteiger partial charge < -0.3 is 38.3 Å². The molecule has 0 aliphatic carbocycles. The third kappa shape index (κ3) is 17.7. The molecule has 0 heterocycles. The Morgan fingerprint density at radius 2 is 0.978 bits per heavy atom. The lowest BCUT2D eigenvalue weighted by Gasteiger charge is -2.10. The SMILES string of the molecule is C=CC(=O)OCCCCOOc1ccc(/C=N/N=C/c2ccc(OOCCCCOC(=O)C=C)c(OC)c2)cc1OC.C=O.C=O. The second-order valence-electron chi connectivity index (χ2n) is 8.28. The first-order valence-electron chi connectivity index (χ1n) is 13.7. The molecule has 0 saturated heterocycles. The number of benzene rings is 2. The fourth-order valence-electron chi connectivity index (χ4n) is 3.07. The summed E-state index contributed by atoms with van der Waals surface area (Å²) in [6, 6.07) is 10.4. The summed E-state index contributed by atoms with van der Waals surface area (Å²) in [5, 5.41) is 8.17. The van der Waals surface area contributed by atoms with Gasteiger partial charge in [0.1, 0.15) is 13.6 Å². The van der Waals surface area contributed by atoms with Gasteiger partial charge in [0.05, 0.1) is 53.1 Å². The number of esters is 2. The van der Waals surface area contributed by atoms with Crippen molar-refractivity contribution in [3.05, 3.63) is 72.8 Å². The van der Waals surface area contributed by atoms with E-state index in [4.69, 9.17) is 48.1 Å². The molecular weight excluding hydrogens is 604 g/mol. The first kappa shape index (κ1) is 40.7. The summed E-state index contributed by atoms with van der Waals surface area (Å²) in [4.78, 5) is 59.1. The second-order valence-corrected chi connectivity index (χ2v) is 8.28. The topological polar surface area (TPSA) is 167 Å². The van der Waals surface area contributed by atoms with E-state index in [1.807, 2.05) is 13.6 Å². The highest BCUT2D eigenvalue weighted by molar-refractivity contribution is 5.84. The molecule has 0 atom stereocenters. The van der Waals surface area contributed by atoms with Crippen molar-refractivity contribution in [2.75, 3.05) is 40.6 Å². The highest BCUT2D eigenvalue weighted by atomic mass is 17.2. The highest BCUT2D eigenvalue weighted by Gasteiger charge is 2.08. The van der Waals surface area contributed by atoms with Crippen LogP contribution < -0.4 is 19.2 Å². The number of carbonyl (C=O) groups is 4. The fraction of sp³-hybridized carbons (Fsp3) is 0.312. The minimum absolute atomic E-state index is 0.288. The molecule has 0 bridgehead atoms. The number of nitrogens with zero attached hydrogens (tertiary/aromatic N) is 2. The van der Waals surface area contributed by atoms with Crippen molar-refractivity contribution >= 4 is 37.9 Å². The van der Waals surface area contributed by atoms with Crippen molar-refractivity contribution in [3.63, 3.8) is 0 Å². The highest BCUT2D eigenvalue weighted by Crippen LogP contribution is 2.29. The summed E-state index contributed by atoms with van der Waals surface area (Å²) in [7, 11) is 3.04. The normalized spacial score (nSPS) is 10.0. The molecular formula is C32H40N2O12. The average Bonchev–Trinajstić information content (AvgIpc) is 3.11. The lowest BCUT2D eigenvalue weighted by molar-refractivity contribution is -0.208. The van der Waals surface area contributed by atoms with Gasteiger partial charge in [0.15, 0.2) is 11.5 Å². The van der Waals surface area contributed by atoms with Gasteiger partial charge in [0, 0.05) is 12.2 Å². The Bertz CT molecular complexity index is 1150. The maximum atomic E-state index is 11.0. The molecule has 0 aromatic heterocycles. The Kier molecular flexibility index (Phi) is 24.1. The average molecular weight is 645 g/mol. The van der Waals surface area contributed by atoms with Crippen LogP contribution in [0, 0.1) is 0 Å². The molecule has 14 nitrogen and oxygen atoms in total. The summed E-state index contributed by atoms with van der Waals surface area (Å²) < 4.78 is 20.5. The van der Waals surface area contributed by atoms with Crippen molar-refractivity contribution in [2.45, 2.75) is 25.7 Å². The summed E-state index contributed by atoms with van der Waals surface area (Å²) in [6.07, 6.45) is 7.92. The van der Waals surface area contributed by atoms with Crippen LogP contribution in [-0.4, -0.2) is 78.6 Å². The van der Waals surface area contributed by atoms with E-state index in [-0.39, 0.29) is 13.2 Å². The molecule has 46 heavy (non-hydrogen) atoms. The molecule has 14 heteroatoms. The molecule has 0 aliphatic heterocycles. The molecule has 250 valence electrons. The summed E-state index contributed by atoms with van der Waals surface area (Å²) >= 11 is 0. The smallest absolute Gasteiger partial charge is 0.330 e. The lowest BCUT2D eigenvalue weighted by Crippen LogP contribution is -2.05. The molecule has 0 N–H and O–H groups in total. The van der Waals surface area contributed by atoms with E-state index in [1.54, 1.807) is 48.8 Å². The molecule has 2 aromatic rings. The van der Waals surface area contributed by atoms with Gasteiger partial charge in [-0.2, -0.15) is 20.0 Å². The van der Waals surface area contributed by atoms with Gasteiger partial charge in [0.25, 0.3) is 0 Å². The molecule has 0 fully saturated rings. The third-order valence-corrected chi connectivity index (χ3v) is 5.22. The number of methoxy groups -OCH3 is 2. The first-order chi connectivity index (χ1) is 22.5. The minimum Gasteiger partial charge on any atom is -0.493 e. The molecule has 2 rings (SSSR count). The number of unbranched alkanes of at least 4 members (excludes halogenated alkanes) is 2. The van der Waals surface area contributed by atoms with Crippen LogP contribution >= 0.6 is 0 Å². The van der Waals surface area contributed by atoms with Gasteiger partial charge in [0.2, 0.25) is 11.5 Å². The minimum atomic E-state index is -0.451. The van der Waals surface area contributed by atoms with E-state index in [1.165, 1.54) is 14.2 Å². The van der Waals surface area contributed by atoms with E-state index in [0.717, 1.165) is 23.3 Å². The van der Waals surface area contributed by atoms with Gasteiger partial charge in [-0.25, -0.2) is 9.59 Å². The van der Waals surface area contributed by atoms with Gasteiger partial charge in [-0.3, -0.25) is 0 Å². The van der Waals surface area contributed by atoms with Crippen LogP contribution in [0.4, 0.5) is 0 Å². The third-order valence-electron chi connectivity index (χ3n) is 5.22. The maximum Gasteiger partial charge on any atom is 0.330 e. The predicted molar refractivity (Wildman–Crippen MR) is 169 cm³/mol. The standard InChI is InChI=1S/C30H36N2O10.2CH2O/c1-5-29(33)37-15-7-9-17-39-41-25-13-11-23(19-27(25)35-3)21-31-32-22-24-12-14-26(28(20-24)36-4)42-40-18-10-8-16-38-30(34)6-2;2*1-2/h5-6,11-14,19-22H,1-2,7-10,15-18H2,3-4H3;2*1H2/b31-21+,32-22+;;. The molecule has 0 spiro atoms. The van der Waals surface area contributed by atoms with E-state index in [9.17, 15) is 9.59 Å². The number of rotatable bonds is 21. The zero-order valence-electron chi connectivity index (χ0n) is 26.1. The number of hydrogen-bond donors (Lipinski definition) is 0. The summed E-state index contributed by atoms with van der Waals surface area (Å²) in [5.74, 6) is 0.831. The Labute approximate surface area is 268 Å². The second kappa shape index (κ2) is 27.2. The maximum absolute atomic E-state index is 11.0. The number of hydrogen-bond acceptors (Lipinski definition) is 14. The van der Waals surface area contributed by atoms with Crippen molar-refractivity contribution < 1.29 is 57.7 Å². The Morgan fingerprint density at radius 3 is 1.33 bits per heavy atom. The summed E-state index contributed by atoms with van der Waals surface area (Å²) in [5.41, 5.74) is 1.47. The zero-order chi connectivity index (χ0) is 34.4. The predicted octanol–water partition coefficient (Wildman–Crippen LogP) is 4.43. The Balaban J connectivity index is 0.00000486. The van der Waals surface area contributed by atoms with Crippen LogP contribution in [0.15, 0.2) is 71.9 Å².